The minimum Gasteiger partial charge on any atom is -0.279 e. The van der Waals surface area contributed by atoms with E-state index in [-0.39, 0.29) is 27.0 Å². The maximum Gasteiger partial charge on any atom is 0.235 e. The van der Waals surface area contributed by atoms with Crippen molar-refractivity contribution in [3.05, 3.63) is 16.4 Å². The zero-order chi connectivity index (χ0) is 11.0. The highest BCUT2D eigenvalue weighted by molar-refractivity contribution is 9.09. The van der Waals surface area contributed by atoms with E-state index in [1.807, 2.05) is 0 Å². The van der Waals surface area contributed by atoms with Crippen molar-refractivity contribution in [3.63, 3.8) is 0 Å². The molecule has 80 valence electrons. The first kappa shape index (κ1) is 11.1. The molecule has 0 N–H and O–H groups in total. The third-order valence-corrected chi connectivity index (χ3v) is 2.97. The van der Waals surface area contributed by atoms with E-state index < -0.39 is 0 Å². The summed E-state index contributed by atoms with van der Waals surface area (Å²) in [5.74, 6) is 0.231. The number of carbonyl (C=O) groups excluding carboxylic acids is 1. The van der Waals surface area contributed by atoms with Crippen molar-refractivity contribution in [3.8, 4) is 0 Å². The molecule has 0 bridgehead atoms. The van der Waals surface area contributed by atoms with Gasteiger partial charge in [0.15, 0.2) is 0 Å². The number of amides is 1. The van der Waals surface area contributed by atoms with Crippen LogP contribution in [0.1, 0.15) is 6.42 Å². The van der Waals surface area contributed by atoms with E-state index in [1.165, 1.54) is 11.0 Å². The van der Waals surface area contributed by atoms with E-state index in [4.69, 9.17) is 23.2 Å². The third-order valence-electron chi connectivity index (χ3n) is 1.97. The highest BCUT2D eigenvalue weighted by Gasteiger charge is 2.30. The predicted molar refractivity (Wildman–Crippen MR) is 61.7 cm³/mol. The van der Waals surface area contributed by atoms with Gasteiger partial charge in [0.25, 0.3) is 0 Å². The Hall–Kier alpha value is -0.390. The Kier molecular flexibility index (Phi) is 3.13. The second-order valence-electron chi connectivity index (χ2n) is 3.12. The van der Waals surface area contributed by atoms with Gasteiger partial charge in [-0.1, -0.05) is 39.1 Å². The lowest BCUT2D eigenvalue weighted by molar-refractivity contribution is -0.117. The van der Waals surface area contributed by atoms with Gasteiger partial charge in [-0.15, -0.1) is 0 Å². The Bertz CT molecular complexity index is 395. The standard InChI is InChI=1S/C8H6BrCl2N3O/c9-4-1-7(15)14(3-4)8-12-5(10)2-6(11)13-8/h2,4H,1,3H2. The number of hydrogen-bond acceptors (Lipinski definition) is 3. The summed E-state index contributed by atoms with van der Waals surface area (Å²) in [4.78, 5) is 21.0. The summed E-state index contributed by atoms with van der Waals surface area (Å²) in [7, 11) is 0. The number of carbonyl (C=O) groups is 1. The molecule has 1 aliphatic heterocycles. The second kappa shape index (κ2) is 4.23. The van der Waals surface area contributed by atoms with Crippen molar-refractivity contribution in [2.75, 3.05) is 11.4 Å². The normalized spacial score (nSPS) is 21.1. The van der Waals surface area contributed by atoms with Crippen LogP contribution in [0.15, 0.2) is 6.07 Å². The highest BCUT2D eigenvalue weighted by atomic mass is 79.9. The van der Waals surface area contributed by atoms with Crippen LogP contribution in [0.3, 0.4) is 0 Å². The van der Waals surface area contributed by atoms with Gasteiger partial charge in [-0.25, -0.2) is 9.97 Å². The van der Waals surface area contributed by atoms with E-state index in [0.717, 1.165) is 0 Å². The van der Waals surface area contributed by atoms with Gasteiger partial charge in [0.05, 0.1) is 0 Å². The van der Waals surface area contributed by atoms with Gasteiger partial charge in [-0.2, -0.15) is 0 Å². The molecule has 1 atom stereocenters. The molecule has 2 heterocycles. The summed E-state index contributed by atoms with van der Waals surface area (Å²) in [5.41, 5.74) is 0. The number of alkyl halides is 1. The van der Waals surface area contributed by atoms with Crippen molar-refractivity contribution < 1.29 is 4.79 Å². The van der Waals surface area contributed by atoms with Gasteiger partial charge >= 0.3 is 0 Å². The number of aromatic nitrogens is 2. The van der Waals surface area contributed by atoms with E-state index >= 15 is 0 Å². The Morgan fingerprint density at radius 3 is 2.47 bits per heavy atom. The number of hydrogen-bond donors (Lipinski definition) is 0. The molecular formula is C8H6BrCl2N3O. The molecule has 15 heavy (non-hydrogen) atoms. The Morgan fingerprint density at radius 1 is 1.40 bits per heavy atom. The predicted octanol–water partition coefficient (Wildman–Crippen LogP) is 2.28. The molecule has 2 rings (SSSR count). The maximum absolute atomic E-state index is 11.5. The fraction of sp³-hybridized carbons (Fsp3) is 0.375. The highest BCUT2D eigenvalue weighted by Crippen LogP contribution is 2.24. The molecule has 1 saturated heterocycles. The molecule has 0 aliphatic carbocycles. The molecule has 0 radical (unpaired) electrons. The van der Waals surface area contributed by atoms with Crippen molar-refractivity contribution >= 4 is 51.0 Å². The topological polar surface area (TPSA) is 46.1 Å². The first-order chi connectivity index (χ1) is 7.06. The lowest BCUT2D eigenvalue weighted by Gasteiger charge is -2.13. The van der Waals surface area contributed by atoms with Gasteiger partial charge in [-0.3, -0.25) is 9.69 Å². The van der Waals surface area contributed by atoms with E-state index in [1.54, 1.807) is 0 Å². The molecule has 0 spiro atoms. The van der Waals surface area contributed by atoms with Crippen LogP contribution in [0, 0.1) is 0 Å². The fourth-order valence-electron chi connectivity index (χ4n) is 1.36. The molecule has 1 aromatic heterocycles. The Balaban J connectivity index is 2.33. The molecule has 1 aromatic rings. The average molecular weight is 311 g/mol. The monoisotopic (exact) mass is 309 g/mol. The molecule has 1 aliphatic rings. The summed E-state index contributed by atoms with van der Waals surface area (Å²) >= 11 is 14.8. The first-order valence-corrected chi connectivity index (χ1v) is 5.88. The summed E-state index contributed by atoms with van der Waals surface area (Å²) in [6.45, 7) is 0.537. The average Bonchev–Trinajstić information content (AvgIpc) is 2.43. The lowest BCUT2D eigenvalue weighted by atomic mass is 10.4. The molecule has 4 nitrogen and oxygen atoms in total. The quantitative estimate of drug-likeness (QED) is 0.590. The molecule has 1 fully saturated rings. The van der Waals surface area contributed by atoms with E-state index in [0.29, 0.717) is 13.0 Å². The Morgan fingerprint density at radius 2 is 2.00 bits per heavy atom. The largest absolute Gasteiger partial charge is 0.279 e. The minimum absolute atomic E-state index is 0.0322. The van der Waals surface area contributed by atoms with Crippen molar-refractivity contribution in [2.24, 2.45) is 0 Å². The van der Waals surface area contributed by atoms with Crippen LogP contribution >= 0.6 is 39.1 Å². The van der Waals surface area contributed by atoms with Crippen LogP contribution in [0.2, 0.25) is 10.3 Å². The van der Waals surface area contributed by atoms with Gasteiger partial charge in [-0.05, 0) is 0 Å². The van der Waals surface area contributed by atoms with Gasteiger partial charge in [0.1, 0.15) is 10.3 Å². The third kappa shape index (κ3) is 2.41. The van der Waals surface area contributed by atoms with Crippen molar-refractivity contribution in [1.82, 2.24) is 9.97 Å². The number of rotatable bonds is 1. The SMILES string of the molecule is O=C1CC(Br)CN1c1nc(Cl)cc(Cl)n1. The number of anilines is 1. The number of halogens is 3. The summed E-state index contributed by atoms with van der Waals surface area (Å²) in [6.07, 6.45) is 0.438. The fourth-order valence-corrected chi connectivity index (χ4v) is 2.34. The first-order valence-electron chi connectivity index (χ1n) is 4.21. The summed E-state index contributed by atoms with van der Waals surface area (Å²) < 4.78 is 0. The van der Waals surface area contributed by atoms with E-state index in [9.17, 15) is 4.79 Å². The van der Waals surface area contributed by atoms with Crippen LogP contribution in [0.25, 0.3) is 0 Å². The zero-order valence-electron chi connectivity index (χ0n) is 7.45. The second-order valence-corrected chi connectivity index (χ2v) is 5.19. The van der Waals surface area contributed by atoms with Crippen LogP contribution in [0.4, 0.5) is 5.95 Å². The molecular weight excluding hydrogens is 305 g/mol. The van der Waals surface area contributed by atoms with Gasteiger partial charge in [0, 0.05) is 23.9 Å². The van der Waals surface area contributed by atoms with E-state index in [2.05, 4.69) is 25.9 Å². The van der Waals surface area contributed by atoms with Gasteiger partial charge < -0.3 is 0 Å². The number of nitrogens with zero attached hydrogens (tertiary/aromatic N) is 3. The molecule has 0 saturated carbocycles. The minimum atomic E-state index is -0.0322. The lowest BCUT2D eigenvalue weighted by Crippen LogP contribution is -2.26. The van der Waals surface area contributed by atoms with Crippen LogP contribution in [0.5, 0.6) is 0 Å². The van der Waals surface area contributed by atoms with Gasteiger partial charge in [0.2, 0.25) is 11.9 Å². The molecule has 7 heteroatoms. The molecule has 0 aromatic carbocycles. The van der Waals surface area contributed by atoms with Crippen LogP contribution in [-0.4, -0.2) is 27.2 Å². The van der Waals surface area contributed by atoms with Crippen LogP contribution < -0.4 is 4.90 Å². The zero-order valence-corrected chi connectivity index (χ0v) is 10.6. The smallest absolute Gasteiger partial charge is 0.235 e. The van der Waals surface area contributed by atoms with Crippen molar-refractivity contribution in [2.45, 2.75) is 11.2 Å². The van der Waals surface area contributed by atoms with Crippen molar-refractivity contribution in [1.29, 1.82) is 0 Å². The summed E-state index contributed by atoms with van der Waals surface area (Å²) in [5, 5.41) is 0.464. The molecule has 1 unspecified atom stereocenters. The molecule has 1 amide bonds. The summed E-state index contributed by atoms with van der Waals surface area (Å²) in [6, 6.07) is 1.43. The van der Waals surface area contributed by atoms with Crippen LogP contribution in [-0.2, 0) is 4.79 Å². The maximum atomic E-state index is 11.5. The Labute approximate surface area is 105 Å².